The Kier molecular flexibility index (Phi) is 7.97. The van der Waals surface area contributed by atoms with E-state index in [2.05, 4.69) is 10.0 Å². The second kappa shape index (κ2) is 8.95. The van der Waals surface area contributed by atoms with Crippen molar-refractivity contribution >= 4 is 33.4 Å². The number of nitrogens with one attached hydrogen (secondary N) is 2. The third-order valence-electron chi connectivity index (χ3n) is 2.80. The lowest BCUT2D eigenvalue weighted by Gasteiger charge is -2.11. The predicted octanol–water partition coefficient (Wildman–Crippen LogP) is 2.62. The van der Waals surface area contributed by atoms with Gasteiger partial charge in [-0.15, -0.1) is 0 Å². The molecule has 0 spiro atoms. The highest BCUT2D eigenvalue weighted by Gasteiger charge is 2.21. The highest BCUT2D eigenvalue weighted by molar-refractivity contribution is 7.98. The lowest BCUT2D eigenvalue weighted by Crippen LogP contribution is -2.26. The van der Waals surface area contributed by atoms with Crippen LogP contribution < -0.4 is 10.0 Å². The lowest BCUT2D eigenvalue weighted by molar-refractivity contribution is 0.545. The highest BCUT2D eigenvalue weighted by Crippen LogP contribution is 2.23. The molecule has 0 atom stereocenters. The van der Waals surface area contributed by atoms with Crippen molar-refractivity contribution in [3.8, 4) is 0 Å². The summed E-state index contributed by atoms with van der Waals surface area (Å²) in [7, 11) is -2.23. The summed E-state index contributed by atoms with van der Waals surface area (Å²) >= 11 is 7.58. The van der Waals surface area contributed by atoms with E-state index in [1.165, 1.54) is 6.07 Å². The summed E-state index contributed by atoms with van der Waals surface area (Å²) in [6.45, 7) is 0.499. The smallest absolute Gasteiger partial charge is 0.243 e. The molecule has 8 heteroatoms. The zero-order valence-electron chi connectivity index (χ0n) is 12.1. The minimum Gasteiger partial charge on any atom is -0.316 e. The fourth-order valence-electron chi connectivity index (χ4n) is 1.79. The van der Waals surface area contributed by atoms with Crippen LogP contribution in [0, 0.1) is 5.82 Å². The van der Waals surface area contributed by atoms with Gasteiger partial charge in [-0.1, -0.05) is 11.6 Å². The van der Waals surface area contributed by atoms with Crippen LogP contribution in [0.25, 0.3) is 0 Å². The van der Waals surface area contributed by atoms with E-state index in [9.17, 15) is 12.8 Å². The van der Waals surface area contributed by atoms with Gasteiger partial charge in [0.1, 0.15) is 10.7 Å². The van der Waals surface area contributed by atoms with Crippen LogP contribution in [0.3, 0.4) is 0 Å². The monoisotopic (exact) mass is 354 g/mol. The number of thioether (sulfide) groups is 1. The van der Waals surface area contributed by atoms with Crippen LogP contribution in [0.5, 0.6) is 0 Å². The van der Waals surface area contributed by atoms with Crippen LogP contribution in [0.15, 0.2) is 17.0 Å². The first-order valence-electron chi connectivity index (χ1n) is 6.53. The zero-order chi connectivity index (χ0) is 15.9. The number of halogens is 2. The Labute approximate surface area is 134 Å². The summed E-state index contributed by atoms with van der Waals surface area (Å²) in [6.07, 6.45) is 3.62. The summed E-state index contributed by atoms with van der Waals surface area (Å²) in [4.78, 5) is -0.398. The van der Waals surface area contributed by atoms with E-state index in [1.807, 2.05) is 6.26 Å². The van der Waals surface area contributed by atoms with Gasteiger partial charge in [0, 0.05) is 23.7 Å². The Bertz CT molecular complexity index is 568. The number of hydrogen-bond donors (Lipinski definition) is 2. The molecule has 1 aromatic carbocycles. The van der Waals surface area contributed by atoms with E-state index in [0.29, 0.717) is 6.42 Å². The SMILES string of the molecule is CNCc1cc(Cl)cc(S(=O)(=O)NCCCCSC)c1F. The normalized spacial score (nSPS) is 11.8. The van der Waals surface area contributed by atoms with Gasteiger partial charge in [-0.05, 0) is 44.0 Å². The number of hydrogen-bond acceptors (Lipinski definition) is 4. The molecule has 0 aromatic heterocycles. The molecule has 0 aliphatic heterocycles. The maximum atomic E-state index is 14.2. The van der Waals surface area contributed by atoms with Crippen LogP contribution >= 0.6 is 23.4 Å². The van der Waals surface area contributed by atoms with Crippen molar-refractivity contribution in [3.63, 3.8) is 0 Å². The van der Waals surface area contributed by atoms with Gasteiger partial charge in [-0.2, -0.15) is 11.8 Å². The van der Waals surface area contributed by atoms with Gasteiger partial charge < -0.3 is 5.32 Å². The third-order valence-corrected chi connectivity index (χ3v) is 5.18. The van der Waals surface area contributed by atoms with Crippen molar-refractivity contribution in [2.45, 2.75) is 24.3 Å². The van der Waals surface area contributed by atoms with E-state index in [4.69, 9.17) is 11.6 Å². The van der Waals surface area contributed by atoms with Crippen molar-refractivity contribution < 1.29 is 12.8 Å². The summed E-state index contributed by atoms with van der Waals surface area (Å²) in [6, 6.07) is 2.56. The van der Waals surface area contributed by atoms with Crippen molar-refractivity contribution in [2.24, 2.45) is 0 Å². The van der Waals surface area contributed by atoms with Gasteiger partial charge in [0.25, 0.3) is 0 Å². The molecule has 0 saturated carbocycles. The van der Waals surface area contributed by atoms with Crippen LogP contribution in [0.2, 0.25) is 5.02 Å². The fourth-order valence-corrected chi connectivity index (χ4v) is 3.80. The molecule has 0 bridgehead atoms. The first-order valence-corrected chi connectivity index (χ1v) is 9.79. The largest absolute Gasteiger partial charge is 0.316 e. The Morgan fingerprint density at radius 1 is 1.33 bits per heavy atom. The number of unbranched alkanes of at least 4 members (excludes halogenated alkanes) is 1. The molecule has 1 aromatic rings. The zero-order valence-corrected chi connectivity index (χ0v) is 14.5. The molecule has 0 heterocycles. The molecule has 0 saturated heterocycles. The summed E-state index contributed by atoms with van der Waals surface area (Å²) in [5, 5.41) is 2.98. The molecular weight excluding hydrogens is 335 g/mol. The first kappa shape index (κ1) is 18.7. The molecule has 0 radical (unpaired) electrons. The average Bonchev–Trinajstić information content (AvgIpc) is 2.42. The molecule has 0 unspecified atom stereocenters. The third kappa shape index (κ3) is 5.75. The molecule has 0 aliphatic carbocycles. The van der Waals surface area contributed by atoms with E-state index < -0.39 is 20.7 Å². The minimum absolute atomic E-state index is 0.199. The standard InChI is InChI=1S/C13H20ClFN2O2S2/c1-16-9-10-7-11(14)8-12(13(10)15)21(18,19)17-5-3-4-6-20-2/h7-8,16-17H,3-6,9H2,1-2H3. The minimum atomic E-state index is -3.89. The quantitative estimate of drug-likeness (QED) is 0.669. The average molecular weight is 355 g/mol. The number of sulfonamides is 1. The van der Waals surface area contributed by atoms with Crippen molar-refractivity contribution in [1.29, 1.82) is 0 Å². The predicted molar refractivity (Wildman–Crippen MR) is 87.0 cm³/mol. The maximum absolute atomic E-state index is 14.2. The van der Waals surface area contributed by atoms with Crippen LogP contribution in [-0.4, -0.2) is 34.0 Å². The van der Waals surface area contributed by atoms with Gasteiger partial charge in [0.05, 0.1) is 0 Å². The molecule has 0 amide bonds. The Morgan fingerprint density at radius 2 is 2.05 bits per heavy atom. The summed E-state index contributed by atoms with van der Waals surface area (Å²) in [5.74, 6) is 0.213. The van der Waals surface area contributed by atoms with Crippen LogP contribution in [-0.2, 0) is 16.6 Å². The summed E-state index contributed by atoms with van der Waals surface area (Å²) < 4.78 is 41.0. The lowest BCUT2D eigenvalue weighted by atomic mass is 10.2. The fraction of sp³-hybridized carbons (Fsp3) is 0.538. The van der Waals surface area contributed by atoms with E-state index >= 15 is 0 Å². The van der Waals surface area contributed by atoms with Crippen LogP contribution in [0.4, 0.5) is 4.39 Å². The molecule has 4 nitrogen and oxygen atoms in total. The molecule has 0 fully saturated rings. The number of rotatable bonds is 9. The molecule has 1 rings (SSSR count). The molecule has 2 N–H and O–H groups in total. The van der Waals surface area contributed by atoms with Crippen LogP contribution in [0.1, 0.15) is 18.4 Å². The second-order valence-electron chi connectivity index (χ2n) is 4.51. The molecule has 0 aliphatic rings. The molecular formula is C13H20ClFN2O2S2. The first-order chi connectivity index (χ1) is 9.92. The van der Waals surface area contributed by atoms with E-state index in [-0.39, 0.29) is 23.7 Å². The van der Waals surface area contributed by atoms with Gasteiger partial charge in [0.15, 0.2) is 0 Å². The van der Waals surface area contributed by atoms with Crippen molar-refractivity contribution in [1.82, 2.24) is 10.0 Å². The van der Waals surface area contributed by atoms with E-state index in [0.717, 1.165) is 18.2 Å². The van der Waals surface area contributed by atoms with Crippen molar-refractivity contribution in [3.05, 3.63) is 28.5 Å². The Hall–Kier alpha value is -0.340. The topological polar surface area (TPSA) is 58.2 Å². The van der Waals surface area contributed by atoms with Crippen molar-refractivity contribution in [2.75, 3.05) is 25.6 Å². The van der Waals surface area contributed by atoms with Gasteiger partial charge in [-0.3, -0.25) is 0 Å². The highest BCUT2D eigenvalue weighted by atomic mass is 35.5. The Morgan fingerprint density at radius 3 is 2.67 bits per heavy atom. The maximum Gasteiger partial charge on any atom is 0.243 e. The molecule has 120 valence electrons. The summed E-state index contributed by atoms with van der Waals surface area (Å²) in [5.41, 5.74) is 0.229. The van der Waals surface area contributed by atoms with Gasteiger partial charge in [-0.25, -0.2) is 17.5 Å². The van der Waals surface area contributed by atoms with E-state index in [1.54, 1.807) is 18.8 Å². The number of benzene rings is 1. The molecule has 21 heavy (non-hydrogen) atoms. The van der Waals surface area contributed by atoms with Gasteiger partial charge in [0.2, 0.25) is 10.0 Å². The van der Waals surface area contributed by atoms with Gasteiger partial charge >= 0.3 is 0 Å². The Balaban J connectivity index is 2.87. The second-order valence-corrected chi connectivity index (χ2v) is 7.66.